The molecule has 0 aliphatic rings. The highest BCUT2D eigenvalue weighted by Crippen LogP contribution is 2.27. The van der Waals surface area contributed by atoms with Crippen LogP contribution in [0.3, 0.4) is 0 Å². The van der Waals surface area contributed by atoms with Crippen LogP contribution in [0.5, 0.6) is 0 Å². The van der Waals surface area contributed by atoms with Crippen LogP contribution in [0.15, 0.2) is 41.3 Å². The van der Waals surface area contributed by atoms with Gasteiger partial charge in [0.1, 0.15) is 5.82 Å². The van der Waals surface area contributed by atoms with Gasteiger partial charge in [0.05, 0.1) is 27.9 Å². The number of sulfonamides is 1. The molecule has 0 aromatic heterocycles. The summed E-state index contributed by atoms with van der Waals surface area (Å²) in [5.74, 6) is -0.487. The van der Waals surface area contributed by atoms with Crippen molar-refractivity contribution >= 4 is 21.4 Å². The van der Waals surface area contributed by atoms with E-state index >= 15 is 0 Å². The van der Waals surface area contributed by atoms with Gasteiger partial charge in [0.25, 0.3) is 0 Å². The molecule has 0 heterocycles. The Morgan fingerprint density at radius 2 is 1.85 bits per heavy atom. The van der Waals surface area contributed by atoms with Gasteiger partial charge >= 0.3 is 0 Å². The Labute approximate surface area is 153 Å². The van der Waals surface area contributed by atoms with Gasteiger partial charge in [0.2, 0.25) is 10.0 Å². The van der Waals surface area contributed by atoms with E-state index in [1.54, 1.807) is 6.07 Å². The molecule has 0 fully saturated rings. The van der Waals surface area contributed by atoms with Crippen molar-refractivity contribution in [3.05, 3.63) is 53.3 Å². The predicted octanol–water partition coefficient (Wildman–Crippen LogP) is 2.99. The van der Waals surface area contributed by atoms with Gasteiger partial charge in [-0.3, -0.25) is 0 Å². The van der Waals surface area contributed by atoms with Crippen LogP contribution >= 0.6 is 0 Å². The van der Waals surface area contributed by atoms with E-state index in [1.165, 1.54) is 44.4 Å². The van der Waals surface area contributed by atoms with Gasteiger partial charge in [-0.25, -0.2) is 17.1 Å². The fraction of sp³-hybridized carbons (Fsp3) is 0.278. The zero-order valence-electron chi connectivity index (χ0n) is 14.9. The molecule has 2 rings (SSSR count). The fourth-order valence-electron chi connectivity index (χ4n) is 2.34. The zero-order chi connectivity index (χ0) is 19.3. The number of nitriles is 1. The largest absolute Gasteiger partial charge is 0.384 e. The van der Waals surface area contributed by atoms with Gasteiger partial charge in [-0.05, 0) is 37.3 Å². The SMILES string of the molecule is CCNc1ccc(S(=O)(=O)N(C)C)cc1NCc1ccc(C#N)cc1F. The Bertz CT molecular complexity index is 937. The maximum Gasteiger partial charge on any atom is 0.242 e. The summed E-state index contributed by atoms with van der Waals surface area (Å²) in [6, 6.07) is 10.9. The molecule has 0 bridgehead atoms. The number of nitrogens with zero attached hydrogens (tertiary/aromatic N) is 2. The van der Waals surface area contributed by atoms with E-state index in [4.69, 9.17) is 5.26 Å². The lowest BCUT2D eigenvalue weighted by Crippen LogP contribution is -2.22. The maximum absolute atomic E-state index is 14.1. The second kappa shape index (κ2) is 8.17. The van der Waals surface area contributed by atoms with Crippen molar-refractivity contribution in [3.8, 4) is 6.07 Å². The smallest absolute Gasteiger partial charge is 0.242 e. The number of halogens is 1. The van der Waals surface area contributed by atoms with Crippen LogP contribution in [-0.4, -0.2) is 33.4 Å². The van der Waals surface area contributed by atoms with Gasteiger partial charge in [0, 0.05) is 32.7 Å². The molecule has 2 N–H and O–H groups in total. The number of hydrogen-bond acceptors (Lipinski definition) is 5. The van der Waals surface area contributed by atoms with E-state index in [0.717, 1.165) is 9.99 Å². The third-order valence-electron chi connectivity index (χ3n) is 3.79. The molecule has 0 radical (unpaired) electrons. The first-order valence-corrected chi connectivity index (χ1v) is 9.46. The van der Waals surface area contributed by atoms with Crippen molar-refractivity contribution in [2.24, 2.45) is 0 Å². The summed E-state index contributed by atoms with van der Waals surface area (Å²) in [6.07, 6.45) is 0. The Hall–Kier alpha value is -2.63. The van der Waals surface area contributed by atoms with Gasteiger partial charge in [-0.15, -0.1) is 0 Å². The van der Waals surface area contributed by atoms with E-state index in [1.807, 2.05) is 13.0 Å². The number of benzene rings is 2. The number of anilines is 2. The summed E-state index contributed by atoms with van der Waals surface area (Å²) in [5, 5.41) is 15.0. The average molecular weight is 376 g/mol. The maximum atomic E-state index is 14.1. The standard InChI is InChI=1S/C18H21FN4O2S/c1-4-21-17-8-7-15(26(24,25)23(2)3)10-18(17)22-12-14-6-5-13(11-20)9-16(14)19/h5-10,21-22H,4,12H2,1-3H3. The minimum absolute atomic E-state index is 0.145. The predicted molar refractivity (Wildman–Crippen MR) is 99.9 cm³/mol. The molecule has 0 amide bonds. The summed E-state index contributed by atoms with van der Waals surface area (Å²) in [7, 11) is -0.646. The minimum Gasteiger partial charge on any atom is -0.384 e. The van der Waals surface area contributed by atoms with Gasteiger partial charge in [-0.2, -0.15) is 5.26 Å². The van der Waals surface area contributed by atoms with Gasteiger partial charge in [0.15, 0.2) is 0 Å². The highest BCUT2D eigenvalue weighted by atomic mass is 32.2. The third kappa shape index (κ3) is 4.31. The van der Waals surface area contributed by atoms with E-state index in [9.17, 15) is 12.8 Å². The topological polar surface area (TPSA) is 85.2 Å². The lowest BCUT2D eigenvalue weighted by molar-refractivity contribution is 0.521. The van der Waals surface area contributed by atoms with Crippen LogP contribution in [0.25, 0.3) is 0 Å². The van der Waals surface area contributed by atoms with Crippen molar-refractivity contribution in [2.75, 3.05) is 31.3 Å². The normalized spacial score (nSPS) is 11.2. The van der Waals surface area contributed by atoms with Crippen molar-refractivity contribution in [1.82, 2.24) is 4.31 Å². The van der Waals surface area contributed by atoms with Crippen LogP contribution in [0.4, 0.5) is 15.8 Å². The fourth-order valence-corrected chi connectivity index (χ4v) is 3.26. The van der Waals surface area contributed by atoms with Gasteiger partial charge in [-0.1, -0.05) is 6.07 Å². The minimum atomic E-state index is -3.58. The summed E-state index contributed by atoms with van der Waals surface area (Å²) in [4.78, 5) is 0.145. The summed E-state index contributed by atoms with van der Waals surface area (Å²) in [5.41, 5.74) is 1.91. The molecule has 2 aromatic carbocycles. The monoisotopic (exact) mass is 376 g/mol. The molecule has 138 valence electrons. The highest BCUT2D eigenvalue weighted by molar-refractivity contribution is 7.89. The number of hydrogen-bond donors (Lipinski definition) is 2. The Kier molecular flexibility index (Phi) is 6.18. The molecule has 0 unspecified atom stereocenters. The first-order valence-electron chi connectivity index (χ1n) is 8.02. The molecular formula is C18H21FN4O2S. The molecule has 26 heavy (non-hydrogen) atoms. The molecule has 0 spiro atoms. The highest BCUT2D eigenvalue weighted by Gasteiger charge is 2.18. The van der Waals surface area contributed by atoms with Crippen LogP contribution < -0.4 is 10.6 Å². The second-order valence-corrected chi connectivity index (χ2v) is 7.95. The molecule has 0 saturated carbocycles. The number of nitrogens with one attached hydrogen (secondary N) is 2. The van der Waals surface area contributed by atoms with E-state index in [-0.39, 0.29) is 17.0 Å². The van der Waals surface area contributed by atoms with Crippen molar-refractivity contribution in [1.29, 1.82) is 5.26 Å². The van der Waals surface area contributed by atoms with Crippen molar-refractivity contribution in [2.45, 2.75) is 18.4 Å². The molecule has 0 aliphatic heterocycles. The Morgan fingerprint density at radius 1 is 1.12 bits per heavy atom. The summed E-state index contributed by atoms with van der Waals surface area (Å²) < 4.78 is 39.9. The molecule has 6 nitrogen and oxygen atoms in total. The van der Waals surface area contributed by atoms with Crippen LogP contribution in [0.1, 0.15) is 18.1 Å². The van der Waals surface area contributed by atoms with Crippen molar-refractivity contribution in [3.63, 3.8) is 0 Å². The first-order chi connectivity index (χ1) is 12.3. The molecule has 2 aromatic rings. The zero-order valence-corrected chi connectivity index (χ0v) is 15.7. The van der Waals surface area contributed by atoms with Gasteiger partial charge < -0.3 is 10.6 Å². The lowest BCUT2D eigenvalue weighted by atomic mass is 10.1. The van der Waals surface area contributed by atoms with E-state index in [2.05, 4.69) is 10.6 Å². The number of rotatable bonds is 7. The molecule has 8 heteroatoms. The Balaban J connectivity index is 2.33. The van der Waals surface area contributed by atoms with Crippen LogP contribution in [-0.2, 0) is 16.6 Å². The third-order valence-corrected chi connectivity index (χ3v) is 5.60. The quantitative estimate of drug-likeness (QED) is 0.776. The molecule has 0 saturated heterocycles. The average Bonchev–Trinajstić information content (AvgIpc) is 2.61. The molecule has 0 aliphatic carbocycles. The first kappa shape index (κ1) is 19.7. The van der Waals surface area contributed by atoms with Crippen molar-refractivity contribution < 1.29 is 12.8 Å². The van der Waals surface area contributed by atoms with Crippen LogP contribution in [0.2, 0.25) is 0 Å². The lowest BCUT2D eigenvalue weighted by Gasteiger charge is -2.17. The Morgan fingerprint density at radius 3 is 2.42 bits per heavy atom. The summed E-state index contributed by atoms with van der Waals surface area (Å²) >= 11 is 0. The second-order valence-electron chi connectivity index (χ2n) is 5.80. The van der Waals surface area contributed by atoms with E-state index in [0.29, 0.717) is 17.8 Å². The van der Waals surface area contributed by atoms with Crippen LogP contribution in [0, 0.1) is 17.1 Å². The van der Waals surface area contributed by atoms with E-state index < -0.39 is 15.8 Å². The molecular weight excluding hydrogens is 355 g/mol. The summed E-state index contributed by atoms with van der Waals surface area (Å²) in [6.45, 7) is 2.73. The molecule has 0 atom stereocenters.